The highest BCUT2D eigenvalue weighted by Gasteiger charge is 2.28. The van der Waals surface area contributed by atoms with Crippen molar-refractivity contribution >= 4 is 5.91 Å². The molecular formula is C19H25FN4O4. The third-order valence-electron chi connectivity index (χ3n) is 4.39. The van der Waals surface area contributed by atoms with Gasteiger partial charge in [-0.3, -0.25) is 4.79 Å². The lowest BCUT2D eigenvalue weighted by Crippen LogP contribution is -2.42. The molecule has 1 aromatic heterocycles. The number of carbonyl (C=O) groups excluding carboxylic acids is 1. The minimum Gasteiger partial charge on any atom is -0.370 e. The number of hydrogen-bond donors (Lipinski definition) is 0. The molecule has 0 saturated carbocycles. The summed E-state index contributed by atoms with van der Waals surface area (Å²) in [6, 6.07) is 6.12. The first-order chi connectivity index (χ1) is 13.6. The SMILES string of the molecule is CCOC(Cn1cc(C(=O)N2CCOC(c3ccc(F)cc3)C2)nn1)OCC. The van der Waals surface area contributed by atoms with E-state index in [1.807, 2.05) is 13.8 Å². The first-order valence-electron chi connectivity index (χ1n) is 9.40. The van der Waals surface area contributed by atoms with E-state index in [1.54, 1.807) is 27.9 Å². The maximum absolute atomic E-state index is 13.1. The number of morpholine rings is 1. The van der Waals surface area contributed by atoms with Crippen molar-refractivity contribution in [2.75, 3.05) is 32.9 Å². The molecule has 1 aromatic carbocycles. The minimum absolute atomic E-state index is 0.217. The summed E-state index contributed by atoms with van der Waals surface area (Å²) in [7, 11) is 0. The van der Waals surface area contributed by atoms with Gasteiger partial charge >= 0.3 is 0 Å². The smallest absolute Gasteiger partial charge is 0.276 e. The molecule has 1 aliphatic heterocycles. The lowest BCUT2D eigenvalue weighted by Gasteiger charge is -2.32. The first-order valence-corrected chi connectivity index (χ1v) is 9.40. The molecular weight excluding hydrogens is 367 g/mol. The summed E-state index contributed by atoms with van der Waals surface area (Å²) >= 11 is 0. The van der Waals surface area contributed by atoms with Crippen LogP contribution < -0.4 is 0 Å². The predicted octanol–water partition coefficient (Wildman–Crippen LogP) is 2.03. The number of aromatic nitrogens is 3. The van der Waals surface area contributed by atoms with E-state index >= 15 is 0 Å². The van der Waals surface area contributed by atoms with Gasteiger partial charge in [-0.25, -0.2) is 9.07 Å². The molecule has 0 N–H and O–H groups in total. The van der Waals surface area contributed by atoms with Crippen LogP contribution in [0.15, 0.2) is 30.5 Å². The Bertz CT molecular complexity index is 762. The van der Waals surface area contributed by atoms with E-state index in [-0.39, 0.29) is 23.5 Å². The molecule has 2 heterocycles. The first kappa shape index (κ1) is 20.4. The van der Waals surface area contributed by atoms with Crippen molar-refractivity contribution in [2.24, 2.45) is 0 Å². The summed E-state index contributed by atoms with van der Waals surface area (Å²) in [5.41, 5.74) is 1.09. The van der Waals surface area contributed by atoms with Gasteiger partial charge in [0.15, 0.2) is 12.0 Å². The highest BCUT2D eigenvalue weighted by Crippen LogP contribution is 2.23. The van der Waals surface area contributed by atoms with Crippen molar-refractivity contribution in [1.29, 1.82) is 0 Å². The summed E-state index contributed by atoms with van der Waals surface area (Å²) < 4.78 is 31.4. The predicted molar refractivity (Wildman–Crippen MR) is 98.1 cm³/mol. The maximum Gasteiger partial charge on any atom is 0.276 e. The van der Waals surface area contributed by atoms with Crippen LogP contribution >= 0.6 is 0 Å². The van der Waals surface area contributed by atoms with E-state index in [2.05, 4.69) is 10.3 Å². The van der Waals surface area contributed by atoms with Crippen LogP contribution in [0.1, 0.15) is 36.0 Å². The molecule has 1 amide bonds. The Morgan fingerprint density at radius 3 is 2.68 bits per heavy atom. The van der Waals surface area contributed by atoms with Crippen LogP contribution in [0, 0.1) is 5.82 Å². The molecule has 1 fully saturated rings. The highest BCUT2D eigenvalue weighted by atomic mass is 19.1. The fourth-order valence-electron chi connectivity index (χ4n) is 3.04. The molecule has 1 saturated heterocycles. The van der Waals surface area contributed by atoms with Gasteiger partial charge in [0.2, 0.25) is 0 Å². The quantitative estimate of drug-likeness (QED) is 0.640. The second-order valence-corrected chi connectivity index (χ2v) is 6.33. The fraction of sp³-hybridized carbons (Fsp3) is 0.526. The summed E-state index contributed by atoms with van der Waals surface area (Å²) in [6.07, 6.45) is 0.856. The molecule has 2 aromatic rings. The van der Waals surface area contributed by atoms with Crippen molar-refractivity contribution in [3.8, 4) is 0 Å². The largest absolute Gasteiger partial charge is 0.370 e. The number of hydrogen-bond acceptors (Lipinski definition) is 6. The summed E-state index contributed by atoms with van der Waals surface area (Å²) in [5, 5.41) is 8.00. The number of ether oxygens (including phenoxy) is 3. The van der Waals surface area contributed by atoms with Crippen molar-refractivity contribution in [2.45, 2.75) is 32.8 Å². The number of halogens is 1. The Labute approximate surface area is 163 Å². The fourth-order valence-corrected chi connectivity index (χ4v) is 3.04. The molecule has 152 valence electrons. The monoisotopic (exact) mass is 392 g/mol. The van der Waals surface area contributed by atoms with Gasteiger partial charge in [-0.15, -0.1) is 5.10 Å². The van der Waals surface area contributed by atoms with Crippen LogP contribution in [0.5, 0.6) is 0 Å². The lowest BCUT2D eigenvalue weighted by molar-refractivity contribution is -0.145. The molecule has 0 aliphatic carbocycles. The molecule has 0 spiro atoms. The topological polar surface area (TPSA) is 78.7 Å². The molecule has 3 rings (SSSR count). The Morgan fingerprint density at radius 2 is 2.00 bits per heavy atom. The van der Waals surface area contributed by atoms with Crippen LogP contribution in [0.2, 0.25) is 0 Å². The summed E-state index contributed by atoms with van der Waals surface area (Å²) in [4.78, 5) is 14.5. The molecule has 1 atom stereocenters. The zero-order valence-electron chi connectivity index (χ0n) is 16.1. The second-order valence-electron chi connectivity index (χ2n) is 6.33. The van der Waals surface area contributed by atoms with Crippen LogP contribution in [0.25, 0.3) is 0 Å². The van der Waals surface area contributed by atoms with Crippen LogP contribution in [0.3, 0.4) is 0 Å². The van der Waals surface area contributed by atoms with Gasteiger partial charge in [-0.2, -0.15) is 0 Å². The average molecular weight is 392 g/mol. The third kappa shape index (κ3) is 5.12. The standard InChI is InChI=1S/C19H25FN4O4/c1-3-26-18(27-4-2)13-24-11-16(21-22-24)19(25)23-9-10-28-17(12-23)14-5-7-15(20)8-6-14/h5-8,11,17-18H,3-4,9-10,12-13H2,1-2H3. The van der Waals surface area contributed by atoms with Gasteiger partial charge in [0.25, 0.3) is 5.91 Å². The molecule has 1 aliphatic rings. The van der Waals surface area contributed by atoms with Crippen molar-refractivity contribution in [3.63, 3.8) is 0 Å². The van der Waals surface area contributed by atoms with E-state index in [1.165, 1.54) is 12.1 Å². The van der Waals surface area contributed by atoms with Gasteiger partial charge in [-0.1, -0.05) is 17.3 Å². The number of amides is 1. The van der Waals surface area contributed by atoms with E-state index in [9.17, 15) is 9.18 Å². The average Bonchev–Trinajstić information content (AvgIpc) is 3.17. The molecule has 0 bridgehead atoms. The van der Waals surface area contributed by atoms with E-state index in [0.717, 1.165) is 5.56 Å². The summed E-state index contributed by atoms with van der Waals surface area (Å²) in [6.45, 7) is 6.40. The van der Waals surface area contributed by atoms with Crippen LogP contribution in [-0.2, 0) is 20.8 Å². The Kier molecular flexibility index (Phi) is 7.07. The Morgan fingerprint density at radius 1 is 1.29 bits per heavy atom. The Hall–Kier alpha value is -2.36. The van der Waals surface area contributed by atoms with E-state index < -0.39 is 6.29 Å². The zero-order valence-corrected chi connectivity index (χ0v) is 16.1. The molecule has 28 heavy (non-hydrogen) atoms. The van der Waals surface area contributed by atoms with E-state index in [0.29, 0.717) is 39.5 Å². The molecule has 8 nitrogen and oxygen atoms in total. The highest BCUT2D eigenvalue weighted by molar-refractivity contribution is 5.92. The second kappa shape index (κ2) is 9.72. The molecule has 0 radical (unpaired) electrons. The summed E-state index contributed by atoms with van der Waals surface area (Å²) in [5.74, 6) is -0.521. The van der Waals surface area contributed by atoms with E-state index in [4.69, 9.17) is 14.2 Å². The van der Waals surface area contributed by atoms with Gasteiger partial charge in [0, 0.05) is 19.8 Å². The minimum atomic E-state index is -0.439. The van der Waals surface area contributed by atoms with Crippen LogP contribution in [-0.4, -0.2) is 65.0 Å². The number of rotatable bonds is 8. The number of benzene rings is 1. The van der Waals surface area contributed by atoms with Crippen molar-refractivity contribution in [3.05, 3.63) is 47.5 Å². The van der Waals surface area contributed by atoms with Gasteiger partial charge in [0.1, 0.15) is 11.9 Å². The van der Waals surface area contributed by atoms with Crippen molar-refractivity contribution < 1.29 is 23.4 Å². The van der Waals surface area contributed by atoms with Gasteiger partial charge in [0.05, 0.1) is 25.9 Å². The third-order valence-corrected chi connectivity index (χ3v) is 4.39. The number of carbonyl (C=O) groups is 1. The van der Waals surface area contributed by atoms with Crippen molar-refractivity contribution in [1.82, 2.24) is 19.9 Å². The molecule has 1 unspecified atom stereocenters. The Balaban J connectivity index is 1.63. The zero-order chi connectivity index (χ0) is 19.9. The maximum atomic E-state index is 13.1. The lowest BCUT2D eigenvalue weighted by atomic mass is 10.1. The van der Waals surface area contributed by atoms with Gasteiger partial charge < -0.3 is 19.1 Å². The number of nitrogens with zero attached hydrogens (tertiary/aromatic N) is 4. The van der Waals surface area contributed by atoms with Crippen LogP contribution in [0.4, 0.5) is 4.39 Å². The van der Waals surface area contributed by atoms with Gasteiger partial charge in [-0.05, 0) is 31.5 Å². The normalized spacial score (nSPS) is 17.3. The molecule has 9 heteroatoms.